The van der Waals surface area contributed by atoms with Crippen molar-refractivity contribution in [3.63, 3.8) is 0 Å². The molecule has 0 radical (unpaired) electrons. The van der Waals surface area contributed by atoms with Crippen molar-refractivity contribution in [2.75, 3.05) is 4.90 Å². The van der Waals surface area contributed by atoms with Gasteiger partial charge in [0.2, 0.25) is 0 Å². The molecule has 1 atom stereocenters. The molecule has 0 aliphatic heterocycles. The summed E-state index contributed by atoms with van der Waals surface area (Å²) in [4.78, 5) is 2.41. The van der Waals surface area contributed by atoms with Crippen LogP contribution in [0.1, 0.15) is 29.2 Å². The Morgan fingerprint density at radius 2 is 1.06 bits per heavy atom. The monoisotopic (exact) mass is 793 g/mol. The lowest BCUT2D eigenvalue weighted by atomic mass is 9.67. The van der Waals surface area contributed by atoms with Crippen molar-refractivity contribution in [1.29, 1.82) is 0 Å². The van der Waals surface area contributed by atoms with Crippen LogP contribution in [0, 0.1) is 0 Å². The smallest absolute Gasteiger partial charge is 0.135 e. The third-order valence-electron chi connectivity index (χ3n) is 12.7. The summed E-state index contributed by atoms with van der Waals surface area (Å²) in [6.45, 7) is 6.53. The number of hydrogen-bond donors (Lipinski definition) is 0. The number of para-hydroxylation sites is 1. The van der Waals surface area contributed by atoms with E-state index in [2.05, 4.69) is 237 Å². The Morgan fingerprint density at radius 3 is 1.81 bits per heavy atom. The summed E-state index contributed by atoms with van der Waals surface area (Å²) in [7, 11) is 0. The maximum atomic E-state index is 6.16. The van der Waals surface area contributed by atoms with Crippen molar-refractivity contribution in [2.45, 2.75) is 12.3 Å². The maximum Gasteiger partial charge on any atom is 0.135 e. The number of rotatable bonds is 9. The van der Waals surface area contributed by atoms with Crippen LogP contribution >= 0.6 is 0 Å². The van der Waals surface area contributed by atoms with Crippen molar-refractivity contribution in [1.82, 2.24) is 0 Å². The van der Waals surface area contributed by atoms with Crippen molar-refractivity contribution < 1.29 is 4.42 Å². The summed E-state index contributed by atoms with van der Waals surface area (Å²) in [6, 6.07) is 76.7. The van der Waals surface area contributed by atoms with Crippen molar-refractivity contribution in [2.24, 2.45) is 0 Å². The predicted molar refractivity (Wildman–Crippen MR) is 261 cm³/mol. The van der Waals surface area contributed by atoms with E-state index in [9.17, 15) is 0 Å². The largest absolute Gasteiger partial charge is 0.456 e. The van der Waals surface area contributed by atoms with E-state index in [1.807, 2.05) is 12.1 Å². The van der Waals surface area contributed by atoms with E-state index in [-0.39, 0.29) is 0 Å². The van der Waals surface area contributed by atoms with Crippen LogP contribution in [0.2, 0.25) is 0 Å². The highest BCUT2D eigenvalue weighted by Gasteiger charge is 2.46. The molecule has 10 aromatic rings. The zero-order valence-electron chi connectivity index (χ0n) is 34.5. The molecule has 1 aliphatic rings. The molecule has 294 valence electrons. The minimum Gasteiger partial charge on any atom is -0.456 e. The van der Waals surface area contributed by atoms with Gasteiger partial charge in [-0.25, -0.2) is 0 Å². The number of anilines is 3. The van der Waals surface area contributed by atoms with Gasteiger partial charge in [-0.3, -0.25) is 0 Å². The Balaban J connectivity index is 1.09. The van der Waals surface area contributed by atoms with E-state index in [0.29, 0.717) is 0 Å². The second-order valence-electron chi connectivity index (χ2n) is 16.0. The first-order chi connectivity index (χ1) is 30.7. The van der Waals surface area contributed by atoms with E-state index in [0.717, 1.165) is 50.1 Å². The summed E-state index contributed by atoms with van der Waals surface area (Å²) >= 11 is 0. The molecule has 2 heteroatoms. The topological polar surface area (TPSA) is 16.4 Å². The third-order valence-corrected chi connectivity index (χ3v) is 12.7. The fourth-order valence-electron chi connectivity index (χ4n) is 9.97. The standard InChI is InChI=1S/C60H43NO/c1-3-17-50-51-23-13-15-26-56(51)60(55(50)4-2,44-20-9-6-10-21-44)45-31-35-47(36-32-45)61(57-38-37-48(42-18-7-5-8-19-42)49-22-11-12-24-52(49)57)46-33-28-41(29-34-46)43-30-39-59-54(40-43)53-25-14-16-27-58(53)62-59/h3-40H,2H2,1H3/b17-3-. The van der Waals surface area contributed by atoms with E-state index in [1.54, 1.807) is 0 Å². The number of nitrogens with zero attached hydrogens (tertiary/aromatic N) is 1. The van der Waals surface area contributed by atoms with E-state index >= 15 is 0 Å². The van der Waals surface area contributed by atoms with Gasteiger partial charge in [0.25, 0.3) is 0 Å². The Kier molecular flexibility index (Phi) is 9.13. The lowest BCUT2D eigenvalue weighted by Crippen LogP contribution is -2.29. The van der Waals surface area contributed by atoms with Crippen LogP contribution < -0.4 is 4.90 Å². The van der Waals surface area contributed by atoms with Crippen molar-refractivity contribution in [3.05, 3.63) is 265 Å². The van der Waals surface area contributed by atoms with Gasteiger partial charge >= 0.3 is 0 Å². The van der Waals surface area contributed by atoms with Gasteiger partial charge in [0, 0.05) is 27.5 Å². The second kappa shape index (κ2) is 15.3. The number of allylic oxidation sites excluding steroid dienone is 5. The van der Waals surface area contributed by atoms with Crippen molar-refractivity contribution in [3.8, 4) is 22.3 Å². The minimum absolute atomic E-state index is 0.551. The van der Waals surface area contributed by atoms with Crippen LogP contribution in [0.5, 0.6) is 0 Å². The molecule has 0 saturated heterocycles. The molecule has 1 aromatic heterocycles. The van der Waals surface area contributed by atoms with Gasteiger partial charge < -0.3 is 9.32 Å². The summed E-state index contributed by atoms with van der Waals surface area (Å²) < 4.78 is 6.16. The summed E-state index contributed by atoms with van der Waals surface area (Å²) in [5.74, 6) is 0. The Hall–Kier alpha value is -7.94. The molecule has 11 rings (SSSR count). The highest BCUT2D eigenvalue weighted by Crippen LogP contribution is 2.55. The number of fused-ring (bicyclic) bond motifs is 5. The maximum absolute atomic E-state index is 6.16. The zero-order chi connectivity index (χ0) is 41.6. The predicted octanol–water partition coefficient (Wildman–Crippen LogP) is 16.4. The molecule has 0 N–H and O–H groups in total. The van der Waals surface area contributed by atoms with E-state index in [4.69, 9.17) is 4.42 Å². The molecular weight excluding hydrogens is 751 g/mol. The first-order valence-electron chi connectivity index (χ1n) is 21.3. The quantitative estimate of drug-likeness (QED) is 0.145. The number of hydrogen-bond acceptors (Lipinski definition) is 2. The van der Waals surface area contributed by atoms with Crippen LogP contribution in [-0.4, -0.2) is 0 Å². The normalized spacial score (nSPS) is 14.9. The second-order valence-corrected chi connectivity index (χ2v) is 16.0. The average Bonchev–Trinajstić information content (AvgIpc) is 3.86. The molecule has 0 saturated carbocycles. The summed E-state index contributed by atoms with van der Waals surface area (Å²) in [6.07, 6.45) is 6.44. The van der Waals surface area contributed by atoms with Gasteiger partial charge in [-0.2, -0.15) is 0 Å². The van der Waals surface area contributed by atoms with Crippen LogP contribution in [0.15, 0.2) is 247 Å². The van der Waals surface area contributed by atoms with Crippen molar-refractivity contribution >= 4 is 55.3 Å². The first kappa shape index (κ1) is 37.1. The molecule has 0 spiro atoms. The summed E-state index contributed by atoms with van der Waals surface area (Å²) in [5.41, 5.74) is 16.5. The van der Waals surface area contributed by atoms with Crippen LogP contribution in [0.25, 0.3) is 60.5 Å². The molecule has 2 nitrogen and oxygen atoms in total. The van der Waals surface area contributed by atoms with Gasteiger partial charge in [-0.15, -0.1) is 0 Å². The van der Waals surface area contributed by atoms with E-state index in [1.165, 1.54) is 55.3 Å². The SMILES string of the molecule is C=CC1=C(/C=C\C)c2ccccc2C1(c1ccccc1)c1ccc(N(c2ccc(-c3ccc4oc5ccccc5c4c3)cc2)c2ccc(-c3ccccc3)c3ccccc23)cc1. The lowest BCUT2D eigenvalue weighted by Gasteiger charge is -2.35. The molecular formula is C60H43NO. The molecule has 0 bridgehead atoms. The average molecular weight is 794 g/mol. The van der Waals surface area contributed by atoms with Gasteiger partial charge in [0.05, 0.1) is 11.1 Å². The third kappa shape index (κ3) is 5.87. The zero-order valence-corrected chi connectivity index (χ0v) is 34.5. The summed E-state index contributed by atoms with van der Waals surface area (Å²) in [5, 5.41) is 4.64. The van der Waals surface area contributed by atoms with Crippen LogP contribution in [-0.2, 0) is 5.41 Å². The first-order valence-corrected chi connectivity index (χ1v) is 21.3. The van der Waals surface area contributed by atoms with Crippen LogP contribution in [0.3, 0.4) is 0 Å². The minimum atomic E-state index is -0.551. The molecule has 1 heterocycles. The lowest BCUT2D eigenvalue weighted by molar-refractivity contribution is 0.669. The number of furan rings is 1. The highest BCUT2D eigenvalue weighted by molar-refractivity contribution is 6.07. The number of benzene rings is 9. The van der Waals surface area contributed by atoms with Gasteiger partial charge in [0.1, 0.15) is 11.2 Å². The fraction of sp³-hybridized carbons (Fsp3) is 0.0333. The Morgan fingerprint density at radius 1 is 0.468 bits per heavy atom. The fourth-order valence-corrected chi connectivity index (χ4v) is 9.97. The Bertz CT molecular complexity index is 3350. The Labute approximate surface area is 362 Å². The van der Waals surface area contributed by atoms with Crippen LogP contribution in [0.4, 0.5) is 17.1 Å². The molecule has 0 fully saturated rings. The van der Waals surface area contributed by atoms with Gasteiger partial charge in [-0.05, 0) is 116 Å². The molecule has 9 aromatic carbocycles. The highest BCUT2D eigenvalue weighted by atomic mass is 16.3. The molecule has 0 amide bonds. The molecule has 1 aliphatic carbocycles. The van der Waals surface area contributed by atoms with Gasteiger partial charge in [0.15, 0.2) is 0 Å². The van der Waals surface area contributed by atoms with E-state index < -0.39 is 5.41 Å². The molecule has 1 unspecified atom stereocenters. The van der Waals surface area contributed by atoms with Gasteiger partial charge in [-0.1, -0.05) is 189 Å². The molecule has 62 heavy (non-hydrogen) atoms.